The van der Waals surface area contributed by atoms with Gasteiger partial charge in [-0.05, 0) is 59.5 Å². The predicted molar refractivity (Wildman–Crippen MR) is 87.2 cm³/mol. The van der Waals surface area contributed by atoms with Crippen LogP contribution < -0.4 is 10.5 Å². The van der Waals surface area contributed by atoms with Gasteiger partial charge >= 0.3 is 0 Å². The zero-order chi connectivity index (χ0) is 14.7. The third-order valence-corrected chi connectivity index (χ3v) is 3.96. The van der Waals surface area contributed by atoms with E-state index in [1.54, 1.807) is 7.11 Å². The van der Waals surface area contributed by atoms with E-state index in [1.165, 1.54) is 16.7 Å². The summed E-state index contributed by atoms with van der Waals surface area (Å²) in [7, 11) is 1.66. The fourth-order valence-electron chi connectivity index (χ4n) is 2.47. The van der Waals surface area contributed by atoms with Crippen molar-refractivity contribution in [2.24, 2.45) is 5.73 Å². The maximum Gasteiger partial charge on any atom is 0.133 e. The first-order chi connectivity index (χ1) is 9.49. The molecule has 0 spiro atoms. The van der Waals surface area contributed by atoms with Crippen molar-refractivity contribution in [3.05, 3.63) is 63.1 Å². The Balaban J connectivity index is 2.19. The summed E-state index contributed by atoms with van der Waals surface area (Å²) in [5.41, 5.74) is 11.3. The SMILES string of the molecule is COc1ccc(C(N)Cc2cc(C)cc(C)c2)cc1Br. The Labute approximate surface area is 129 Å². The summed E-state index contributed by atoms with van der Waals surface area (Å²) in [6.07, 6.45) is 0.835. The Kier molecular flexibility index (Phi) is 4.84. The minimum Gasteiger partial charge on any atom is -0.496 e. The van der Waals surface area contributed by atoms with E-state index in [0.717, 1.165) is 22.2 Å². The molecule has 20 heavy (non-hydrogen) atoms. The molecule has 0 aromatic heterocycles. The highest BCUT2D eigenvalue weighted by Gasteiger charge is 2.10. The molecule has 3 heteroatoms. The molecule has 2 aromatic rings. The van der Waals surface area contributed by atoms with E-state index in [9.17, 15) is 0 Å². The lowest BCUT2D eigenvalue weighted by Crippen LogP contribution is -2.13. The monoisotopic (exact) mass is 333 g/mol. The van der Waals surface area contributed by atoms with Crippen molar-refractivity contribution >= 4 is 15.9 Å². The Bertz CT molecular complexity index is 590. The fraction of sp³-hybridized carbons (Fsp3) is 0.294. The molecule has 0 aliphatic carbocycles. The molecule has 0 aliphatic rings. The number of aryl methyl sites for hydroxylation is 2. The molecular weight excluding hydrogens is 314 g/mol. The summed E-state index contributed by atoms with van der Waals surface area (Å²) in [6.45, 7) is 4.23. The molecule has 0 radical (unpaired) electrons. The molecule has 0 saturated carbocycles. The molecule has 106 valence electrons. The van der Waals surface area contributed by atoms with Gasteiger partial charge in [-0.1, -0.05) is 35.4 Å². The molecule has 0 fully saturated rings. The zero-order valence-electron chi connectivity index (χ0n) is 12.1. The van der Waals surface area contributed by atoms with Crippen LogP contribution in [0.5, 0.6) is 5.75 Å². The van der Waals surface area contributed by atoms with Crippen molar-refractivity contribution in [1.29, 1.82) is 0 Å². The van der Waals surface area contributed by atoms with E-state index in [4.69, 9.17) is 10.5 Å². The Morgan fingerprint density at radius 2 is 1.75 bits per heavy atom. The van der Waals surface area contributed by atoms with Gasteiger partial charge in [-0.3, -0.25) is 0 Å². The second-order valence-electron chi connectivity index (χ2n) is 5.20. The van der Waals surface area contributed by atoms with Gasteiger partial charge in [0.2, 0.25) is 0 Å². The number of nitrogens with two attached hydrogens (primary N) is 1. The van der Waals surface area contributed by atoms with E-state index in [2.05, 4.69) is 48.0 Å². The largest absolute Gasteiger partial charge is 0.496 e. The van der Waals surface area contributed by atoms with Crippen molar-refractivity contribution in [2.45, 2.75) is 26.3 Å². The quantitative estimate of drug-likeness (QED) is 0.904. The van der Waals surface area contributed by atoms with Crippen molar-refractivity contribution < 1.29 is 4.74 Å². The number of rotatable bonds is 4. The summed E-state index contributed by atoms with van der Waals surface area (Å²) in [5.74, 6) is 0.826. The number of ether oxygens (including phenoxy) is 1. The van der Waals surface area contributed by atoms with Crippen LogP contribution in [0.25, 0.3) is 0 Å². The summed E-state index contributed by atoms with van der Waals surface area (Å²) < 4.78 is 6.18. The second kappa shape index (κ2) is 6.42. The number of benzene rings is 2. The lowest BCUT2D eigenvalue weighted by Gasteiger charge is -2.15. The van der Waals surface area contributed by atoms with E-state index < -0.39 is 0 Å². The van der Waals surface area contributed by atoms with Crippen LogP contribution in [0.15, 0.2) is 40.9 Å². The number of halogens is 1. The van der Waals surface area contributed by atoms with Crippen LogP contribution in [0.1, 0.15) is 28.3 Å². The van der Waals surface area contributed by atoms with Crippen molar-refractivity contribution in [3.8, 4) is 5.75 Å². The number of methoxy groups -OCH3 is 1. The maximum atomic E-state index is 6.33. The van der Waals surface area contributed by atoms with Crippen molar-refractivity contribution in [2.75, 3.05) is 7.11 Å². The van der Waals surface area contributed by atoms with Gasteiger partial charge in [-0.15, -0.1) is 0 Å². The first kappa shape index (κ1) is 15.1. The highest BCUT2D eigenvalue weighted by atomic mass is 79.9. The van der Waals surface area contributed by atoms with E-state index in [1.807, 2.05) is 18.2 Å². The average Bonchev–Trinajstić information content (AvgIpc) is 2.37. The number of hydrogen-bond donors (Lipinski definition) is 1. The smallest absolute Gasteiger partial charge is 0.133 e. The number of hydrogen-bond acceptors (Lipinski definition) is 2. The summed E-state index contributed by atoms with van der Waals surface area (Å²) in [4.78, 5) is 0. The van der Waals surface area contributed by atoms with E-state index in [-0.39, 0.29) is 6.04 Å². The van der Waals surface area contributed by atoms with Gasteiger partial charge in [0.1, 0.15) is 5.75 Å². The summed E-state index contributed by atoms with van der Waals surface area (Å²) in [5, 5.41) is 0. The molecule has 2 nitrogen and oxygen atoms in total. The lowest BCUT2D eigenvalue weighted by molar-refractivity contribution is 0.412. The Morgan fingerprint density at radius 3 is 2.30 bits per heavy atom. The van der Waals surface area contributed by atoms with Crippen LogP contribution in [0.4, 0.5) is 0 Å². The van der Waals surface area contributed by atoms with Gasteiger partial charge in [0.25, 0.3) is 0 Å². The van der Waals surface area contributed by atoms with Crippen LogP contribution >= 0.6 is 15.9 Å². The molecule has 0 saturated heterocycles. The molecule has 0 aliphatic heterocycles. The minimum absolute atomic E-state index is 0.0154. The molecule has 1 atom stereocenters. The van der Waals surface area contributed by atoms with Gasteiger partial charge in [0.15, 0.2) is 0 Å². The maximum absolute atomic E-state index is 6.33. The van der Waals surface area contributed by atoms with Crippen LogP contribution in [-0.4, -0.2) is 7.11 Å². The molecule has 2 N–H and O–H groups in total. The molecule has 1 unspecified atom stereocenters. The Morgan fingerprint density at radius 1 is 1.10 bits per heavy atom. The van der Waals surface area contributed by atoms with Crippen molar-refractivity contribution in [1.82, 2.24) is 0 Å². The highest BCUT2D eigenvalue weighted by molar-refractivity contribution is 9.10. The molecular formula is C17H20BrNO. The molecule has 2 rings (SSSR count). The summed E-state index contributed by atoms with van der Waals surface area (Å²) >= 11 is 3.50. The van der Waals surface area contributed by atoms with Crippen LogP contribution in [0, 0.1) is 13.8 Å². The first-order valence-electron chi connectivity index (χ1n) is 6.66. The Hall–Kier alpha value is -1.32. The highest BCUT2D eigenvalue weighted by Crippen LogP contribution is 2.28. The normalized spacial score (nSPS) is 12.2. The zero-order valence-corrected chi connectivity index (χ0v) is 13.7. The van der Waals surface area contributed by atoms with Gasteiger partial charge < -0.3 is 10.5 Å². The predicted octanol–water partition coefficient (Wildman–Crippen LogP) is 4.32. The standard InChI is InChI=1S/C17H20BrNO/c1-11-6-12(2)8-13(7-11)9-16(19)14-4-5-17(20-3)15(18)10-14/h4-8,10,16H,9,19H2,1-3H3. The molecule has 2 aromatic carbocycles. The molecule has 0 heterocycles. The molecule has 0 amide bonds. The third kappa shape index (κ3) is 3.62. The van der Waals surface area contributed by atoms with Crippen LogP contribution in [-0.2, 0) is 6.42 Å². The minimum atomic E-state index is -0.0154. The van der Waals surface area contributed by atoms with Gasteiger partial charge in [-0.25, -0.2) is 0 Å². The topological polar surface area (TPSA) is 35.2 Å². The summed E-state index contributed by atoms with van der Waals surface area (Å²) in [6, 6.07) is 12.6. The van der Waals surface area contributed by atoms with Gasteiger partial charge in [0.05, 0.1) is 11.6 Å². The van der Waals surface area contributed by atoms with Crippen molar-refractivity contribution in [3.63, 3.8) is 0 Å². The van der Waals surface area contributed by atoms with Gasteiger partial charge in [-0.2, -0.15) is 0 Å². The first-order valence-corrected chi connectivity index (χ1v) is 7.45. The van der Waals surface area contributed by atoms with Crippen LogP contribution in [0.3, 0.4) is 0 Å². The lowest BCUT2D eigenvalue weighted by atomic mass is 9.97. The average molecular weight is 334 g/mol. The van der Waals surface area contributed by atoms with Gasteiger partial charge in [0, 0.05) is 6.04 Å². The molecule has 0 bridgehead atoms. The fourth-order valence-corrected chi connectivity index (χ4v) is 3.03. The van der Waals surface area contributed by atoms with Crippen LogP contribution in [0.2, 0.25) is 0 Å². The third-order valence-electron chi connectivity index (χ3n) is 3.34. The second-order valence-corrected chi connectivity index (χ2v) is 6.05. The van der Waals surface area contributed by atoms with E-state index in [0.29, 0.717) is 0 Å². The van der Waals surface area contributed by atoms with E-state index >= 15 is 0 Å².